The number of hydrogen-bond donors (Lipinski definition) is 1. The first-order valence-corrected chi connectivity index (χ1v) is 12.1. The van der Waals surface area contributed by atoms with E-state index in [0.717, 1.165) is 11.1 Å². The summed E-state index contributed by atoms with van der Waals surface area (Å²) < 4.78 is 1.33. The molecule has 1 saturated carbocycles. The normalized spacial score (nSPS) is 15.3. The highest BCUT2D eigenvalue weighted by Crippen LogP contribution is 2.33. The summed E-state index contributed by atoms with van der Waals surface area (Å²) in [6.45, 7) is 9.33. The van der Waals surface area contributed by atoms with Gasteiger partial charge in [-0.2, -0.15) is 0 Å². The van der Waals surface area contributed by atoms with Gasteiger partial charge in [0.2, 0.25) is 0 Å². The van der Waals surface area contributed by atoms with E-state index >= 15 is 0 Å². The van der Waals surface area contributed by atoms with Crippen molar-refractivity contribution in [1.82, 2.24) is 14.6 Å². The number of Topliss-reactive ketones (excluding diaryl/α,β-unsaturated/α-hetero) is 1. The fourth-order valence-corrected chi connectivity index (χ4v) is 4.64. The number of rotatable bonds is 7. The van der Waals surface area contributed by atoms with E-state index in [1.54, 1.807) is 19.2 Å². The van der Waals surface area contributed by atoms with Crippen molar-refractivity contribution in [2.45, 2.75) is 65.2 Å². The summed E-state index contributed by atoms with van der Waals surface area (Å²) in [6, 6.07) is 9.88. The van der Waals surface area contributed by atoms with E-state index in [9.17, 15) is 9.59 Å². The molecule has 4 rings (SSSR count). The van der Waals surface area contributed by atoms with Gasteiger partial charge >= 0.3 is 0 Å². The van der Waals surface area contributed by atoms with Crippen molar-refractivity contribution < 1.29 is 4.79 Å². The van der Waals surface area contributed by atoms with Gasteiger partial charge in [0, 0.05) is 24.3 Å². The van der Waals surface area contributed by atoms with E-state index in [-0.39, 0.29) is 17.8 Å². The predicted molar refractivity (Wildman–Crippen MR) is 139 cm³/mol. The van der Waals surface area contributed by atoms with E-state index in [1.807, 2.05) is 26.0 Å². The lowest BCUT2D eigenvalue weighted by molar-refractivity contribution is 0.0989. The molecule has 1 fully saturated rings. The minimum absolute atomic E-state index is 0.102. The monoisotopic (exact) mass is 456 g/mol. The average molecular weight is 457 g/mol. The number of aromatic amines is 1. The van der Waals surface area contributed by atoms with Crippen molar-refractivity contribution in [3.05, 3.63) is 75.7 Å². The Bertz CT molecular complexity index is 1330. The number of carbonyl (C=O) groups is 1. The van der Waals surface area contributed by atoms with E-state index < -0.39 is 0 Å². The molecular formula is C28H32N4O2. The van der Waals surface area contributed by atoms with Gasteiger partial charge in [0.15, 0.2) is 11.4 Å². The Hall–Kier alpha value is -3.54. The molecule has 1 N–H and O–H groups in total. The number of ketones is 1. The van der Waals surface area contributed by atoms with Gasteiger partial charge in [-0.3, -0.25) is 19.7 Å². The summed E-state index contributed by atoms with van der Waals surface area (Å²) in [7, 11) is 0. The molecule has 0 radical (unpaired) electrons. The van der Waals surface area contributed by atoms with Crippen LogP contribution in [0.25, 0.3) is 22.6 Å². The van der Waals surface area contributed by atoms with E-state index in [1.165, 1.54) is 48.2 Å². The molecule has 6 heteroatoms. The largest absolute Gasteiger partial charge is 0.294 e. The number of benzene rings is 1. The molecular weight excluding hydrogens is 424 g/mol. The fraction of sp³-hybridized carbons (Fsp3) is 0.357. The molecule has 1 aromatic carbocycles. The summed E-state index contributed by atoms with van der Waals surface area (Å²) in [4.78, 5) is 35.2. The Morgan fingerprint density at radius 3 is 2.56 bits per heavy atom. The van der Waals surface area contributed by atoms with Crippen molar-refractivity contribution in [2.75, 3.05) is 0 Å². The lowest BCUT2D eigenvalue weighted by atomic mass is 9.84. The van der Waals surface area contributed by atoms with E-state index in [2.05, 4.69) is 28.8 Å². The minimum atomic E-state index is -0.271. The molecule has 2 aromatic heterocycles. The Labute approximate surface area is 200 Å². The molecule has 0 amide bonds. The molecule has 2 heterocycles. The summed E-state index contributed by atoms with van der Waals surface area (Å²) in [5.41, 5.74) is 5.04. The van der Waals surface area contributed by atoms with Gasteiger partial charge in [-0.15, -0.1) is 0 Å². The molecule has 1 aliphatic rings. The number of nitrogens with zero attached hydrogens (tertiary/aromatic N) is 3. The zero-order chi connectivity index (χ0) is 24.2. The number of aromatic nitrogens is 3. The summed E-state index contributed by atoms with van der Waals surface area (Å²) in [5, 5.41) is 3.06. The van der Waals surface area contributed by atoms with Crippen LogP contribution in [0.15, 0.2) is 58.3 Å². The molecule has 0 atom stereocenters. The van der Waals surface area contributed by atoms with Gasteiger partial charge in [0.1, 0.15) is 0 Å². The third-order valence-electron chi connectivity index (χ3n) is 6.45. The van der Waals surface area contributed by atoms with Crippen LogP contribution >= 0.6 is 0 Å². The van der Waals surface area contributed by atoms with Crippen LogP contribution in [0.3, 0.4) is 0 Å². The van der Waals surface area contributed by atoms with Gasteiger partial charge in [-0.1, -0.05) is 63.1 Å². The number of H-pyrrole nitrogens is 1. The summed E-state index contributed by atoms with van der Waals surface area (Å²) in [6.07, 6.45) is 10.1. The van der Waals surface area contributed by atoms with Crippen LogP contribution in [-0.2, 0) is 0 Å². The maximum atomic E-state index is 13.0. The number of carbonyl (C=O) groups excluding carboxylic acids is 1. The van der Waals surface area contributed by atoms with Gasteiger partial charge in [-0.25, -0.2) is 9.50 Å². The van der Waals surface area contributed by atoms with Crippen LogP contribution < -0.4 is 5.56 Å². The van der Waals surface area contributed by atoms with E-state index in [4.69, 9.17) is 4.98 Å². The van der Waals surface area contributed by atoms with Crippen molar-refractivity contribution in [3.63, 3.8) is 0 Å². The predicted octanol–water partition coefficient (Wildman–Crippen LogP) is 6.34. The Kier molecular flexibility index (Phi) is 7.06. The molecule has 0 spiro atoms. The SMILES string of the molecule is C=C(C)C=N/C(=C\C)c1[nH]n2c(=O)cc(-c3ccc(C4CCCCC4)cc3)nc2c1C(=O)CC. The average Bonchev–Trinajstić information content (AvgIpc) is 3.24. The van der Waals surface area contributed by atoms with Crippen molar-refractivity contribution in [2.24, 2.45) is 4.99 Å². The first-order valence-electron chi connectivity index (χ1n) is 12.1. The molecule has 1 aliphatic carbocycles. The molecule has 3 aromatic rings. The molecule has 176 valence electrons. The highest BCUT2D eigenvalue weighted by atomic mass is 16.1. The molecule has 34 heavy (non-hydrogen) atoms. The second kappa shape index (κ2) is 10.2. The number of hydrogen-bond acceptors (Lipinski definition) is 4. The van der Waals surface area contributed by atoms with Gasteiger partial charge in [-0.05, 0) is 43.7 Å². The molecule has 0 saturated heterocycles. The third-order valence-corrected chi connectivity index (χ3v) is 6.45. The first-order chi connectivity index (χ1) is 16.4. The minimum Gasteiger partial charge on any atom is -0.294 e. The first kappa shape index (κ1) is 23.6. The standard InChI is InChI=1S/C28H32N4O2/c1-5-22(29-17-18(3)4)27-26(24(33)6-2)28-30-23(16-25(34)32(28)31-27)21-14-12-20(13-15-21)19-10-8-7-9-11-19/h5,12-17,19,31H,3,6-11H2,1-2,4H3/b22-5-,29-17?. The van der Waals surface area contributed by atoms with Crippen LogP contribution in [0.4, 0.5) is 0 Å². The second-order valence-corrected chi connectivity index (χ2v) is 9.01. The molecule has 0 bridgehead atoms. The molecule has 0 aliphatic heterocycles. The molecule has 0 unspecified atom stereocenters. The topological polar surface area (TPSA) is 79.6 Å². The van der Waals surface area contributed by atoms with Crippen LogP contribution in [0.1, 0.15) is 86.8 Å². The second-order valence-electron chi connectivity index (χ2n) is 9.01. The lowest BCUT2D eigenvalue weighted by Gasteiger charge is -2.22. The van der Waals surface area contributed by atoms with Crippen molar-refractivity contribution in [3.8, 4) is 11.3 Å². The van der Waals surface area contributed by atoms with Gasteiger partial charge < -0.3 is 0 Å². The van der Waals surface area contributed by atoms with Crippen molar-refractivity contribution in [1.29, 1.82) is 0 Å². The highest BCUT2D eigenvalue weighted by molar-refractivity contribution is 6.05. The maximum absolute atomic E-state index is 13.0. The van der Waals surface area contributed by atoms with Crippen LogP contribution in [0.5, 0.6) is 0 Å². The Morgan fingerprint density at radius 1 is 1.24 bits per heavy atom. The van der Waals surface area contributed by atoms with Crippen LogP contribution in [0, 0.1) is 0 Å². The number of aliphatic imine (C=N–C) groups is 1. The number of nitrogens with one attached hydrogen (secondary N) is 1. The van der Waals surface area contributed by atoms with Crippen molar-refractivity contribution >= 4 is 23.3 Å². The van der Waals surface area contributed by atoms with Gasteiger partial charge in [0.05, 0.1) is 22.6 Å². The van der Waals surface area contributed by atoms with Crippen LogP contribution in [-0.4, -0.2) is 26.6 Å². The third kappa shape index (κ3) is 4.72. The summed E-state index contributed by atoms with van der Waals surface area (Å²) >= 11 is 0. The van der Waals surface area contributed by atoms with E-state index in [0.29, 0.717) is 34.2 Å². The fourth-order valence-electron chi connectivity index (χ4n) is 4.64. The quantitative estimate of drug-likeness (QED) is 0.333. The zero-order valence-corrected chi connectivity index (χ0v) is 20.2. The number of fused-ring (bicyclic) bond motifs is 1. The van der Waals surface area contributed by atoms with Gasteiger partial charge in [0.25, 0.3) is 5.56 Å². The molecule has 6 nitrogen and oxygen atoms in total. The smallest absolute Gasteiger partial charge is 0.273 e. The Morgan fingerprint density at radius 2 is 1.94 bits per heavy atom. The maximum Gasteiger partial charge on any atom is 0.273 e. The summed E-state index contributed by atoms with van der Waals surface area (Å²) in [5.74, 6) is 0.513. The number of allylic oxidation sites excluding steroid dienone is 2. The zero-order valence-electron chi connectivity index (χ0n) is 20.2. The lowest BCUT2D eigenvalue weighted by Crippen LogP contribution is -2.15. The Balaban J connectivity index is 1.81. The highest BCUT2D eigenvalue weighted by Gasteiger charge is 2.23. The van der Waals surface area contributed by atoms with Crippen LogP contribution in [0.2, 0.25) is 0 Å².